The summed E-state index contributed by atoms with van der Waals surface area (Å²) < 4.78 is 7.21. The first-order valence-electron chi connectivity index (χ1n) is 6.08. The molecule has 2 N–H and O–H groups in total. The molecule has 0 unspecified atom stereocenters. The van der Waals surface area contributed by atoms with Crippen LogP contribution in [0.25, 0.3) is 16.7 Å². The molecule has 0 spiro atoms. The van der Waals surface area contributed by atoms with Crippen LogP contribution < -0.4 is 10.5 Å². The number of nitrogen functional groups attached to an aromatic ring is 1. The number of imidazole rings is 1. The highest BCUT2D eigenvalue weighted by atomic mass is 16.5. The van der Waals surface area contributed by atoms with Gasteiger partial charge in [0, 0.05) is 6.07 Å². The number of aromatic nitrogens is 2. The second-order valence-corrected chi connectivity index (χ2v) is 4.45. The van der Waals surface area contributed by atoms with Crippen LogP contribution in [0, 0.1) is 6.92 Å². The number of anilines is 1. The summed E-state index contributed by atoms with van der Waals surface area (Å²) in [7, 11) is 1.65. The summed E-state index contributed by atoms with van der Waals surface area (Å²) in [6.45, 7) is 2.06. The molecule has 4 heteroatoms. The van der Waals surface area contributed by atoms with Crippen molar-refractivity contribution in [3.63, 3.8) is 0 Å². The van der Waals surface area contributed by atoms with Crippen LogP contribution in [-0.4, -0.2) is 16.7 Å². The number of rotatable bonds is 2. The molecule has 4 nitrogen and oxygen atoms in total. The molecule has 1 aromatic heterocycles. The number of nitrogens with zero attached hydrogens (tertiary/aromatic N) is 2. The van der Waals surface area contributed by atoms with Crippen LogP contribution in [0.1, 0.15) is 5.56 Å². The van der Waals surface area contributed by atoms with Crippen molar-refractivity contribution in [1.29, 1.82) is 0 Å². The van der Waals surface area contributed by atoms with E-state index in [2.05, 4.69) is 18.0 Å². The number of ether oxygens (including phenoxy) is 1. The second-order valence-electron chi connectivity index (χ2n) is 4.45. The van der Waals surface area contributed by atoms with Gasteiger partial charge in [0.15, 0.2) is 0 Å². The second kappa shape index (κ2) is 4.31. The van der Waals surface area contributed by atoms with Gasteiger partial charge in [-0.2, -0.15) is 0 Å². The van der Waals surface area contributed by atoms with Crippen LogP contribution in [0.2, 0.25) is 0 Å². The predicted octanol–water partition coefficient (Wildman–Crippen LogP) is 2.92. The van der Waals surface area contributed by atoms with Crippen LogP contribution in [0.15, 0.2) is 42.5 Å². The van der Waals surface area contributed by atoms with Crippen molar-refractivity contribution in [3.8, 4) is 11.4 Å². The maximum Gasteiger partial charge on any atom is 0.205 e. The van der Waals surface area contributed by atoms with Crippen molar-refractivity contribution >= 4 is 17.0 Å². The first-order chi connectivity index (χ1) is 9.20. The summed E-state index contributed by atoms with van der Waals surface area (Å²) >= 11 is 0. The van der Waals surface area contributed by atoms with E-state index in [0.29, 0.717) is 5.95 Å². The van der Waals surface area contributed by atoms with Gasteiger partial charge in [0.2, 0.25) is 5.95 Å². The Bertz CT molecular complexity index is 746. The minimum absolute atomic E-state index is 0.484. The lowest BCUT2D eigenvalue weighted by Crippen LogP contribution is -2.01. The van der Waals surface area contributed by atoms with Crippen molar-refractivity contribution in [3.05, 3.63) is 48.0 Å². The van der Waals surface area contributed by atoms with Gasteiger partial charge >= 0.3 is 0 Å². The smallest absolute Gasteiger partial charge is 0.205 e. The number of nitrogens with two attached hydrogens (primary N) is 1. The molecular formula is C15H15N3O. The summed E-state index contributed by atoms with van der Waals surface area (Å²) in [4.78, 5) is 4.41. The number of para-hydroxylation sites is 1. The van der Waals surface area contributed by atoms with E-state index >= 15 is 0 Å². The first kappa shape index (κ1) is 11.6. The molecule has 0 radical (unpaired) electrons. The first-order valence-corrected chi connectivity index (χ1v) is 6.08. The molecular weight excluding hydrogens is 238 g/mol. The number of benzene rings is 2. The van der Waals surface area contributed by atoms with Crippen molar-refractivity contribution in [1.82, 2.24) is 9.55 Å². The van der Waals surface area contributed by atoms with Crippen LogP contribution in [0.3, 0.4) is 0 Å². The summed E-state index contributed by atoms with van der Waals surface area (Å²) in [5.74, 6) is 1.28. The average molecular weight is 253 g/mol. The summed E-state index contributed by atoms with van der Waals surface area (Å²) in [5.41, 5.74) is 10.1. The third-order valence-electron chi connectivity index (χ3n) is 3.22. The van der Waals surface area contributed by atoms with E-state index < -0.39 is 0 Å². The van der Waals surface area contributed by atoms with Gasteiger partial charge < -0.3 is 10.5 Å². The average Bonchev–Trinajstić information content (AvgIpc) is 2.76. The highest BCUT2D eigenvalue weighted by Gasteiger charge is 2.12. The fourth-order valence-electron chi connectivity index (χ4n) is 2.32. The summed E-state index contributed by atoms with van der Waals surface area (Å²) in [6, 6.07) is 13.8. The van der Waals surface area contributed by atoms with Gasteiger partial charge in [-0.3, -0.25) is 4.57 Å². The van der Waals surface area contributed by atoms with E-state index in [9.17, 15) is 0 Å². The number of fused-ring (bicyclic) bond motifs is 1. The van der Waals surface area contributed by atoms with Crippen LogP contribution in [0.5, 0.6) is 5.75 Å². The van der Waals surface area contributed by atoms with Crippen LogP contribution >= 0.6 is 0 Å². The van der Waals surface area contributed by atoms with Crippen molar-refractivity contribution < 1.29 is 4.74 Å². The van der Waals surface area contributed by atoms with Crippen molar-refractivity contribution in [2.24, 2.45) is 0 Å². The van der Waals surface area contributed by atoms with Gasteiger partial charge in [0.1, 0.15) is 5.75 Å². The standard InChI is InChI=1S/C15H15N3O/c1-10-5-3-8-13-14(10)18(15(16)17-13)11-6-4-7-12(9-11)19-2/h3-9H,1-2H3,(H2,16,17). The van der Waals surface area contributed by atoms with Gasteiger partial charge in [-0.15, -0.1) is 0 Å². The largest absolute Gasteiger partial charge is 0.497 e. The van der Waals surface area contributed by atoms with E-state index in [4.69, 9.17) is 10.5 Å². The quantitative estimate of drug-likeness (QED) is 0.764. The Morgan fingerprint density at radius 2 is 1.95 bits per heavy atom. The molecule has 0 fully saturated rings. The molecule has 19 heavy (non-hydrogen) atoms. The molecule has 0 saturated carbocycles. The van der Waals surface area contributed by atoms with Crippen molar-refractivity contribution in [2.75, 3.05) is 12.8 Å². The zero-order valence-corrected chi connectivity index (χ0v) is 10.9. The number of methoxy groups -OCH3 is 1. The Labute approximate surface area is 111 Å². The van der Waals surface area contributed by atoms with E-state index in [0.717, 1.165) is 28.0 Å². The van der Waals surface area contributed by atoms with Crippen LogP contribution in [-0.2, 0) is 0 Å². The fourth-order valence-corrected chi connectivity index (χ4v) is 2.32. The van der Waals surface area contributed by atoms with E-state index in [1.165, 1.54) is 0 Å². The molecule has 0 aliphatic carbocycles. The lowest BCUT2D eigenvalue weighted by Gasteiger charge is -2.09. The lowest BCUT2D eigenvalue weighted by molar-refractivity contribution is 0.414. The Kier molecular flexibility index (Phi) is 2.63. The predicted molar refractivity (Wildman–Crippen MR) is 76.8 cm³/mol. The van der Waals surface area contributed by atoms with E-state index in [1.807, 2.05) is 41.0 Å². The molecule has 0 aliphatic rings. The monoisotopic (exact) mass is 253 g/mol. The number of hydrogen-bond donors (Lipinski definition) is 1. The Morgan fingerprint density at radius 1 is 1.16 bits per heavy atom. The normalized spacial score (nSPS) is 10.8. The minimum atomic E-state index is 0.484. The van der Waals surface area contributed by atoms with Gasteiger partial charge in [0.25, 0.3) is 0 Å². The summed E-state index contributed by atoms with van der Waals surface area (Å²) in [6.07, 6.45) is 0. The molecule has 0 amide bonds. The van der Waals surface area contributed by atoms with E-state index in [1.54, 1.807) is 7.11 Å². The summed E-state index contributed by atoms with van der Waals surface area (Å²) in [5, 5.41) is 0. The molecule has 0 bridgehead atoms. The topological polar surface area (TPSA) is 53.1 Å². The van der Waals surface area contributed by atoms with Crippen LogP contribution in [0.4, 0.5) is 5.95 Å². The molecule has 0 aliphatic heterocycles. The molecule has 0 atom stereocenters. The van der Waals surface area contributed by atoms with Gasteiger partial charge in [-0.25, -0.2) is 4.98 Å². The number of aryl methyl sites for hydroxylation is 1. The highest BCUT2D eigenvalue weighted by Crippen LogP contribution is 2.27. The SMILES string of the molecule is COc1cccc(-n2c(N)nc3cccc(C)c32)c1. The molecule has 96 valence electrons. The Morgan fingerprint density at radius 3 is 2.74 bits per heavy atom. The van der Waals surface area contributed by atoms with Gasteiger partial charge in [-0.1, -0.05) is 18.2 Å². The van der Waals surface area contributed by atoms with E-state index in [-0.39, 0.29) is 0 Å². The zero-order valence-electron chi connectivity index (χ0n) is 10.9. The molecule has 1 heterocycles. The zero-order chi connectivity index (χ0) is 13.4. The maximum absolute atomic E-state index is 6.06. The Balaban J connectivity index is 2.32. The molecule has 3 aromatic rings. The maximum atomic E-state index is 6.06. The minimum Gasteiger partial charge on any atom is -0.497 e. The molecule has 3 rings (SSSR count). The van der Waals surface area contributed by atoms with Crippen molar-refractivity contribution in [2.45, 2.75) is 6.92 Å². The Hall–Kier alpha value is -2.49. The van der Waals surface area contributed by atoms with Gasteiger partial charge in [0.05, 0.1) is 23.8 Å². The molecule has 2 aromatic carbocycles. The lowest BCUT2D eigenvalue weighted by atomic mass is 10.2. The number of hydrogen-bond acceptors (Lipinski definition) is 3. The highest BCUT2D eigenvalue weighted by molar-refractivity contribution is 5.83. The molecule has 0 saturated heterocycles. The van der Waals surface area contributed by atoms with Gasteiger partial charge in [-0.05, 0) is 30.7 Å². The fraction of sp³-hybridized carbons (Fsp3) is 0.133. The third-order valence-corrected chi connectivity index (χ3v) is 3.22. The third kappa shape index (κ3) is 1.81.